The predicted molar refractivity (Wildman–Crippen MR) is 51.7 cm³/mol. The standard InChI is InChI=1S/C8H16N2S/c1-7-4-2-3-5-10(7)6-8(9)11/h7H,2-6H2,1H3,(H2,9,11). The van der Waals surface area contributed by atoms with Gasteiger partial charge in [0.05, 0.1) is 4.99 Å². The smallest absolute Gasteiger partial charge is 0.0870 e. The number of thiocarbonyl (C=S) groups is 1. The number of rotatable bonds is 2. The van der Waals surface area contributed by atoms with Gasteiger partial charge in [0.25, 0.3) is 0 Å². The normalized spacial score (nSPS) is 26.8. The Morgan fingerprint density at radius 3 is 2.91 bits per heavy atom. The first-order valence-electron chi connectivity index (χ1n) is 4.22. The maximum atomic E-state index is 5.48. The van der Waals surface area contributed by atoms with Gasteiger partial charge in [-0.15, -0.1) is 0 Å². The summed E-state index contributed by atoms with van der Waals surface area (Å²) in [5.41, 5.74) is 5.48. The highest BCUT2D eigenvalue weighted by Crippen LogP contribution is 2.15. The Morgan fingerprint density at radius 1 is 1.64 bits per heavy atom. The fourth-order valence-corrected chi connectivity index (χ4v) is 1.76. The summed E-state index contributed by atoms with van der Waals surface area (Å²) in [6.07, 6.45) is 3.95. The topological polar surface area (TPSA) is 29.3 Å². The van der Waals surface area contributed by atoms with Crippen LogP contribution in [0.3, 0.4) is 0 Å². The molecule has 3 heteroatoms. The quantitative estimate of drug-likeness (QED) is 0.634. The van der Waals surface area contributed by atoms with E-state index in [2.05, 4.69) is 11.8 Å². The molecule has 1 heterocycles. The third-order valence-corrected chi connectivity index (χ3v) is 2.43. The molecule has 0 amide bonds. The summed E-state index contributed by atoms with van der Waals surface area (Å²) < 4.78 is 0. The lowest BCUT2D eigenvalue weighted by Gasteiger charge is -2.32. The second-order valence-electron chi connectivity index (χ2n) is 3.28. The van der Waals surface area contributed by atoms with Gasteiger partial charge >= 0.3 is 0 Å². The van der Waals surface area contributed by atoms with Crippen molar-refractivity contribution in [2.45, 2.75) is 32.2 Å². The molecule has 0 aliphatic carbocycles. The molecule has 0 aromatic carbocycles. The van der Waals surface area contributed by atoms with Crippen molar-refractivity contribution in [2.75, 3.05) is 13.1 Å². The van der Waals surface area contributed by atoms with Crippen LogP contribution in [0.15, 0.2) is 0 Å². The molecule has 1 aliphatic rings. The molecule has 0 bridgehead atoms. The third-order valence-electron chi connectivity index (χ3n) is 2.30. The van der Waals surface area contributed by atoms with Gasteiger partial charge in [0.15, 0.2) is 0 Å². The molecule has 2 N–H and O–H groups in total. The van der Waals surface area contributed by atoms with E-state index >= 15 is 0 Å². The lowest BCUT2D eigenvalue weighted by Crippen LogP contribution is -2.42. The minimum absolute atomic E-state index is 0.624. The Morgan fingerprint density at radius 2 is 2.36 bits per heavy atom. The first-order chi connectivity index (χ1) is 5.20. The molecule has 1 fully saturated rings. The van der Waals surface area contributed by atoms with E-state index in [-0.39, 0.29) is 0 Å². The van der Waals surface area contributed by atoms with Crippen molar-refractivity contribution in [1.82, 2.24) is 4.90 Å². The maximum absolute atomic E-state index is 5.48. The Kier molecular flexibility index (Phi) is 3.27. The van der Waals surface area contributed by atoms with E-state index in [9.17, 15) is 0 Å². The molecule has 1 aliphatic heterocycles. The Balaban J connectivity index is 2.35. The van der Waals surface area contributed by atoms with Gasteiger partial charge in [0.2, 0.25) is 0 Å². The second kappa shape index (κ2) is 4.02. The van der Waals surface area contributed by atoms with Gasteiger partial charge in [-0.05, 0) is 26.3 Å². The van der Waals surface area contributed by atoms with Gasteiger partial charge in [-0.1, -0.05) is 18.6 Å². The van der Waals surface area contributed by atoms with E-state index < -0.39 is 0 Å². The summed E-state index contributed by atoms with van der Waals surface area (Å²) in [6.45, 7) is 4.21. The lowest BCUT2D eigenvalue weighted by atomic mass is 10.0. The molecule has 0 saturated carbocycles. The number of nitrogens with zero attached hydrogens (tertiary/aromatic N) is 1. The van der Waals surface area contributed by atoms with Crippen molar-refractivity contribution in [1.29, 1.82) is 0 Å². The molecular weight excluding hydrogens is 156 g/mol. The number of likely N-dealkylation sites (tertiary alicyclic amines) is 1. The fourth-order valence-electron chi connectivity index (χ4n) is 1.59. The highest BCUT2D eigenvalue weighted by Gasteiger charge is 2.17. The zero-order valence-electron chi connectivity index (χ0n) is 7.05. The highest BCUT2D eigenvalue weighted by molar-refractivity contribution is 7.80. The number of nitrogens with two attached hydrogens (primary N) is 1. The molecule has 1 atom stereocenters. The molecule has 1 unspecified atom stereocenters. The van der Waals surface area contributed by atoms with Gasteiger partial charge in [0, 0.05) is 12.6 Å². The van der Waals surface area contributed by atoms with Gasteiger partial charge in [0.1, 0.15) is 0 Å². The van der Waals surface area contributed by atoms with Crippen LogP contribution in [0.25, 0.3) is 0 Å². The zero-order valence-corrected chi connectivity index (χ0v) is 7.86. The monoisotopic (exact) mass is 172 g/mol. The van der Waals surface area contributed by atoms with Crippen LogP contribution in [0.4, 0.5) is 0 Å². The molecule has 64 valence electrons. The van der Waals surface area contributed by atoms with E-state index in [0.717, 1.165) is 6.54 Å². The van der Waals surface area contributed by atoms with E-state index in [1.165, 1.54) is 25.8 Å². The van der Waals surface area contributed by atoms with E-state index in [1.807, 2.05) is 0 Å². The molecule has 11 heavy (non-hydrogen) atoms. The second-order valence-corrected chi connectivity index (χ2v) is 3.81. The Bertz CT molecular complexity index is 147. The van der Waals surface area contributed by atoms with Crippen molar-refractivity contribution in [3.63, 3.8) is 0 Å². The highest BCUT2D eigenvalue weighted by atomic mass is 32.1. The molecular formula is C8H16N2S. The van der Waals surface area contributed by atoms with Crippen molar-refractivity contribution in [3.8, 4) is 0 Å². The minimum Gasteiger partial charge on any atom is -0.392 e. The van der Waals surface area contributed by atoms with Crippen molar-refractivity contribution >= 4 is 17.2 Å². The summed E-state index contributed by atoms with van der Waals surface area (Å²) in [5, 5.41) is 0. The first kappa shape index (κ1) is 8.94. The summed E-state index contributed by atoms with van der Waals surface area (Å²) >= 11 is 4.87. The van der Waals surface area contributed by atoms with Crippen LogP contribution >= 0.6 is 12.2 Å². The summed E-state index contributed by atoms with van der Waals surface area (Å²) in [6, 6.07) is 0.672. The lowest BCUT2D eigenvalue weighted by molar-refractivity contribution is 0.185. The number of hydrogen-bond donors (Lipinski definition) is 1. The van der Waals surface area contributed by atoms with Crippen LogP contribution in [-0.4, -0.2) is 29.0 Å². The average Bonchev–Trinajstić information content (AvgIpc) is 1.93. The van der Waals surface area contributed by atoms with Crippen molar-refractivity contribution in [2.24, 2.45) is 5.73 Å². The molecule has 2 nitrogen and oxygen atoms in total. The van der Waals surface area contributed by atoms with Gasteiger partial charge < -0.3 is 5.73 Å². The van der Waals surface area contributed by atoms with Crippen molar-refractivity contribution < 1.29 is 0 Å². The van der Waals surface area contributed by atoms with E-state index in [0.29, 0.717) is 11.0 Å². The largest absolute Gasteiger partial charge is 0.392 e. The molecule has 0 radical (unpaired) electrons. The maximum Gasteiger partial charge on any atom is 0.0870 e. The van der Waals surface area contributed by atoms with Crippen LogP contribution in [-0.2, 0) is 0 Å². The Labute approximate surface area is 73.7 Å². The summed E-state index contributed by atoms with van der Waals surface area (Å²) in [7, 11) is 0. The summed E-state index contributed by atoms with van der Waals surface area (Å²) in [5.74, 6) is 0. The van der Waals surface area contributed by atoms with Gasteiger partial charge in [-0.2, -0.15) is 0 Å². The number of piperidine rings is 1. The summed E-state index contributed by atoms with van der Waals surface area (Å²) in [4.78, 5) is 2.99. The van der Waals surface area contributed by atoms with E-state index in [4.69, 9.17) is 18.0 Å². The molecule has 1 saturated heterocycles. The van der Waals surface area contributed by atoms with Crippen molar-refractivity contribution in [3.05, 3.63) is 0 Å². The average molecular weight is 172 g/mol. The SMILES string of the molecule is CC1CCCCN1CC(N)=S. The van der Waals surface area contributed by atoms with E-state index in [1.54, 1.807) is 0 Å². The van der Waals surface area contributed by atoms with Gasteiger partial charge in [-0.25, -0.2) is 0 Å². The Hall–Kier alpha value is -0.150. The molecule has 0 spiro atoms. The van der Waals surface area contributed by atoms with Crippen LogP contribution in [0.5, 0.6) is 0 Å². The van der Waals surface area contributed by atoms with Crippen LogP contribution < -0.4 is 5.73 Å². The minimum atomic E-state index is 0.624. The molecule has 0 aromatic heterocycles. The first-order valence-corrected chi connectivity index (χ1v) is 4.63. The van der Waals surface area contributed by atoms with Gasteiger partial charge in [-0.3, -0.25) is 4.90 Å². The molecule has 1 rings (SSSR count). The van der Waals surface area contributed by atoms with Crippen LogP contribution in [0.2, 0.25) is 0 Å². The third kappa shape index (κ3) is 2.75. The molecule has 0 aromatic rings. The zero-order chi connectivity index (χ0) is 8.27. The fraction of sp³-hybridized carbons (Fsp3) is 0.875. The van der Waals surface area contributed by atoms with Crippen LogP contribution in [0, 0.1) is 0 Å². The predicted octanol–water partition coefficient (Wildman–Crippen LogP) is 1.15. The number of hydrogen-bond acceptors (Lipinski definition) is 2. The van der Waals surface area contributed by atoms with Crippen LogP contribution in [0.1, 0.15) is 26.2 Å².